The van der Waals surface area contributed by atoms with Crippen molar-refractivity contribution in [3.8, 4) is 11.4 Å². The fourth-order valence-electron chi connectivity index (χ4n) is 2.31. The average Bonchev–Trinajstić information content (AvgIpc) is 3.22. The van der Waals surface area contributed by atoms with Crippen LogP contribution in [-0.2, 0) is 0 Å². The largest absolute Gasteiger partial charge is 0.451 e. The number of aromatic nitrogens is 3. The van der Waals surface area contributed by atoms with Gasteiger partial charge < -0.3 is 4.42 Å². The molecule has 0 saturated carbocycles. The molecule has 4 rings (SSSR count). The number of anilines is 1. The number of hydrogen-bond acceptors (Lipinski definition) is 4. The van der Waals surface area contributed by atoms with E-state index >= 15 is 0 Å². The summed E-state index contributed by atoms with van der Waals surface area (Å²) in [6, 6.07) is 16.2. The van der Waals surface area contributed by atoms with E-state index in [1.165, 1.54) is 0 Å². The number of carbonyl (C=O) groups is 1. The van der Waals surface area contributed by atoms with Crippen LogP contribution >= 0.6 is 11.6 Å². The molecule has 0 aliphatic rings. The molecular formula is C17H11ClN4O2. The zero-order chi connectivity index (χ0) is 16.5. The van der Waals surface area contributed by atoms with E-state index in [0.29, 0.717) is 16.4 Å². The fraction of sp³-hybridized carbons (Fsp3) is 0. The molecule has 0 aliphatic carbocycles. The van der Waals surface area contributed by atoms with Gasteiger partial charge in [0.15, 0.2) is 11.6 Å². The Morgan fingerprint density at radius 1 is 1.12 bits per heavy atom. The summed E-state index contributed by atoms with van der Waals surface area (Å²) in [7, 11) is 0. The molecule has 4 aromatic rings. The molecule has 2 aromatic carbocycles. The lowest BCUT2D eigenvalue weighted by Crippen LogP contribution is -2.11. The normalized spacial score (nSPS) is 10.9. The molecule has 0 aliphatic heterocycles. The number of hydrogen-bond donors (Lipinski definition) is 2. The van der Waals surface area contributed by atoms with Crippen LogP contribution in [0.15, 0.2) is 59.0 Å². The van der Waals surface area contributed by atoms with Gasteiger partial charge in [0, 0.05) is 16.0 Å². The van der Waals surface area contributed by atoms with E-state index in [9.17, 15) is 4.79 Å². The fourth-order valence-corrected chi connectivity index (χ4v) is 2.44. The van der Waals surface area contributed by atoms with Crippen molar-refractivity contribution >= 4 is 34.4 Å². The number of fused-ring (bicyclic) bond motifs is 1. The molecule has 1 amide bonds. The highest BCUT2D eigenvalue weighted by Crippen LogP contribution is 2.21. The Morgan fingerprint density at radius 2 is 1.92 bits per heavy atom. The first-order valence-electron chi connectivity index (χ1n) is 7.17. The molecule has 2 N–H and O–H groups in total. The lowest BCUT2D eigenvalue weighted by atomic mass is 10.2. The second-order valence-corrected chi connectivity index (χ2v) is 5.55. The number of furan rings is 1. The van der Waals surface area contributed by atoms with E-state index in [4.69, 9.17) is 16.0 Å². The van der Waals surface area contributed by atoms with Gasteiger partial charge in [0.1, 0.15) is 5.58 Å². The number of carbonyl (C=O) groups excluding carboxylic acids is 1. The number of aromatic amines is 1. The van der Waals surface area contributed by atoms with Crippen molar-refractivity contribution in [3.05, 3.63) is 65.4 Å². The molecule has 0 bridgehead atoms. The molecule has 118 valence electrons. The molecule has 24 heavy (non-hydrogen) atoms. The topological polar surface area (TPSA) is 83.8 Å². The summed E-state index contributed by atoms with van der Waals surface area (Å²) in [5.74, 6) is 0.499. The number of benzene rings is 2. The number of nitrogens with zero attached hydrogens (tertiary/aromatic N) is 2. The second kappa shape index (κ2) is 5.82. The first kappa shape index (κ1) is 14.5. The Labute approximate surface area is 141 Å². The van der Waals surface area contributed by atoms with E-state index in [1.807, 2.05) is 30.3 Å². The third-order valence-corrected chi connectivity index (χ3v) is 3.73. The summed E-state index contributed by atoms with van der Waals surface area (Å²) in [5, 5.41) is 10.9. The van der Waals surface area contributed by atoms with Crippen molar-refractivity contribution in [3.63, 3.8) is 0 Å². The third kappa shape index (κ3) is 2.75. The Balaban J connectivity index is 1.54. The minimum Gasteiger partial charge on any atom is -0.451 e. The summed E-state index contributed by atoms with van der Waals surface area (Å²) < 4.78 is 5.51. The SMILES string of the molecule is O=C(Nc1n[nH]c(-c2ccc(Cl)cc2)n1)c1cc2ccccc2o1. The van der Waals surface area contributed by atoms with Crippen LogP contribution in [0.1, 0.15) is 10.6 Å². The van der Waals surface area contributed by atoms with Crippen LogP contribution < -0.4 is 5.32 Å². The van der Waals surface area contributed by atoms with Gasteiger partial charge in [-0.15, -0.1) is 5.10 Å². The molecule has 6 nitrogen and oxygen atoms in total. The minimum atomic E-state index is -0.409. The highest BCUT2D eigenvalue weighted by atomic mass is 35.5. The van der Waals surface area contributed by atoms with Gasteiger partial charge in [-0.05, 0) is 36.4 Å². The summed E-state index contributed by atoms with van der Waals surface area (Å²) in [6.07, 6.45) is 0. The number of halogens is 1. The monoisotopic (exact) mass is 338 g/mol. The molecule has 0 fully saturated rings. The quantitative estimate of drug-likeness (QED) is 0.588. The van der Waals surface area contributed by atoms with Crippen LogP contribution in [0.4, 0.5) is 5.95 Å². The Hall–Kier alpha value is -3.12. The maximum absolute atomic E-state index is 12.3. The van der Waals surface area contributed by atoms with Gasteiger partial charge >= 0.3 is 0 Å². The van der Waals surface area contributed by atoms with Gasteiger partial charge in [0.2, 0.25) is 5.95 Å². The van der Waals surface area contributed by atoms with Crippen molar-refractivity contribution in [2.24, 2.45) is 0 Å². The second-order valence-electron chi connectivity index (χ2n) is 5.12. The number of rotatable bonds is 3. The summed E-state index contributed by atoms with van der Waals surface area (Å²) in [5.41, 5.74) is 1.47. The molecule has 0 radical (unpaired) electrons. The molecule has 2 heterocycles. The molecule has 2 aromatic heterocycles. The smallest absolute Gasteiger partial charge is 0.293 e. The summed E-state index contributed by atoms with van der Waals surface area (Å²) in [4.78, 5) is 16.5. The van der Waals surface area contributed by atoms with Gasteiger partial charge in [0.25, 0.3) is 5.91 Å². The summed E-state index contributed by atoms with van der Waals surface area (Å²) in [6.45, 7) is 0. The zero-order valence-corrected chi connectivity index (χ0v) is 13.0. The van der Waals surface area contributed by atoms with E-state index in [0.717, 1.165) is 10.9 Å². The van der Waals surface area contributed by atoms with Crippen molar-refractivity contribution in [2.45, 2.75) is 0 Å². The van der Waals surface area contributed by atoms with Gasteiger partial charge in [-0.3, -0.25) is 15.2 Å². The minimum absolute atomic E-state index is 0.172. The Bertz CT molecular complexity index is 987. The molecule has 0 unspecified atom stereocenters. The first-order chi connectivity index (χ1) is 11.7. The maximum Gasteiger partial charge on any atom is 0.293 e. The van der Waals surface area contributed by atoms with Crippen LogP contribution in [0.5, 0.6) is 0 Å². The van der Waals surface area contributed by atoms with Crippen LogP contribution in [-0.4, -0.2) is 21.1 Å². The number of H-pyrrole nitrogens is 1. The van der Waals surface area contributed by atoms with Crippen molar-refractivity contribution in [1.82, 2.24) is 15.2 Å². The molecule has 0 saturated heterocycles. The highest BCUT2D eigenvalue weighted by molar-refractivity contribution is 6.30. The van der Waals surface area contributed by atoms with Crippen molar-refractivity contribution < 1.29 is 9.21 Å². The zero-order valence-electron chi connectivity index (χ0n) is 12.3. The predicted molar refractivity (Wildman–Crippen MR) is 91.0 cm³/mol. The molecule has 0 spiro atoms. The Kier molecular flexibility index (Phi) is 3.51. The number of nitrogens with one attached hydrogen (secondary N) is 2. The van der Waals surface area contributed by atoms with Crippen molar-refractivity contribution in [1.29, 1.82) is 0 Å². The predicted octanol–water partition coefficient (Wildman–Crippen LogP) is 4.12. The standard InChI is InChI=1S/C17H11ClN4O2/c18-12-7-5-10(6-8-12)15-19-17(22-21-15)20-16(23)14-9-11-3-1-2-4-13(11)24-14/h1-9H,(H2,19,20,21,22,23). The van der Waals surface area contributed by atoms with Gasteiger partial charge in [-0.1, -0.05) is 29.8 Å². The van der Waals surface area contributed by atoms with Gasteiger partial charge in [-0.2, -0.15) is 4.98 Å². The Morgan fingerprint density at radius 3 is 2.71 bits per heavy atom. The lowest BCUT2D eigenvalue weighted by molar-refractivity contribution is 0.0998. The van der Waals surface area contributed by atoms with Crippen LogP contribution in [0, 0.1) is 0 Å². The number of amides is 1. The molecule has 0 atom stereocenters. The van der Waals surface area contributed by atoms with Crippen LogP contribution in [0.25, 0.3) is 22.4 Å². The van der Waals surface area contributed by atoms with E-state index < -0.39 is 5.91 Å². The highest BCUT2D eigenvalue weighted by Gasteiger charge is 2.15. The third-order valence-electron chi connectivity index (χ3n) is 3.48. The van der Waals surface area contributed by atoms with E-state index in [2.05, 4.69) is 20.5 Å². The van der Waals surface area contributed by atoms with Crippen LogP contribution in [0.2, 0.25) is 5.02 Å². The van der Waals surface area contributed by atoms with Gasteiger partial charge in [0.05, 0.1) is 0 Å². The molecular weight excluding hydrogens is 328 g/mol. The summed E-state index contributed by atoms with van der Waals surface area (Å²) >= 11 is 5.86. The number of para-hydroxylation sites is 1. The lowest BCUT2D eigenvalue weighted by Gasteiger charge is -1.96. The van der Waals surface area contributed by atoms with Crippen molar-refractivity contribution in [2.75, 3.05) is 5.32 Å². The first-order valence-corrected chi connectivity index (χ1v) is 7.55. The molecule has 7 heteroatoms. The van der Waals surface area contributed by atoms with E-state index in [-0.39, 0.29) is 11.7 Å². The van der Waals surface area contributed by atoms with Gasteiger partial charge in [-0.25, -0.2) is 0 Å². The van der Waals surface area contributed by atoms with E-state index in [1.54, 1.807) is 24.3 Å². The average molecular weight is 339 g/mol. The van der Waals surface area contributed by atoms with Crippen LogP contribution in [0.3, 0.4) is 0 Å². The maximum atomic E-state index is 12.3.